The highest BCUT2D eigenvalue weighted by atomic mass is 16.5. The van der Waals surface area contributed by atoms with Gasteiger partial charge in [-0.25, -0.2) is 0 Å². The van der Waals surface area contributed by atoms with Crippen LogP contribution in [0.3, 0.4) is 0 Å². The number of fused-ring (bicyclic) bond motifs is 3. The number of hydrogen-bond acceptors (Lipinski definition) is 2. The Balaban J connectivity index is 1.73. The SMILES string of the molecule is c1ccc(Oc2ccc3[nH]c4c(c3c2)CCNCC4)cc1. The number of benzene rings is 2. The first kappa shape index (κ1) is 12.5. The molecule has 2 aromatic carbocycles. The van der Waals surface area contributed by atoms with Crippen molar-refractivity contribution in [3.05, 3.63) is 59.8 Å². The highest BCUT2D eigenvalue weighted by Crippen LogP contribution is 2.30. The van der Waals surface area contributed by atoms with Gasteiger partial charge in [-0.15, -0.1) is 0 Å². The molecule has 0 saturated heterocycles. The molecule has 0 saturated carbocycles. The molecule has 0 bridgehead atoms. The molecule has 1 aliphatic rings. The molecule has 0 radical (unpaired) electrons. The van der Waals surface area contributed by atoms with Gasteiger partial charge in [0.25, 0.3) is 0 Å². The van der Waals surface area contributed by atoms with Gasteiger partial charge in [0.2, 0.25) is 0 Å². The third-order valence-electron chi connectivity index (χ3n) is 4.05. The Morgan fingerprint density at radius 2 is 1.71 bits per heavy atom. The van der Waals surface area contributed by atoms with Gasteiger partial charge in [-0.2, -0.15) is 0 Å². The van der Waals surface area contributed by atoms with E-state index >= 15 is 0 Å². The highest BCUT2D eigenvalue weighted by molar-refractivity contribution is 5.86. The van der Waals surface area contributed by atoms with E-state index in [-0.39, 0.29) is 0 Å². The van der Waals surface area contributed by atoms with Crippen molar-refractivity contribution in [2.24, 2.45) is 0 Å². The number of para-hydroxylation sites is 1. The zero-order valence-corrected chi connectivity index (χ0v) is 11.9. The van der Waals surface area contributed by atoms with E-state index in [0.29, 0.717) is 0 Å². The third-order valence-corrected chi connectivity index (χ3v) is 4.05. The summed E-state index contributed by atoms with van der Waals surface area (Å²) in [5, 5.41) is 4.74. The fourth-order valence-corrected chi connectivity index (χ4v) is 3.02. The first-order chi connectivity index (χ1) is 10.4. The minimum Gasteiger partial charge on any atom is -0.457 e. The molecular weight excluding hydrogens is 260 g/mol. The van der Waals surface area contributed by atoms with Gasteiger partial charge in [-0.3, -0.25) is 0 Å². The van der Waals surface area contributed by atoms with Crippen LogP contribution in [0.5, 0.6) is 11.5 Å². The number of aromatic amines is 1. The lowest BCUT2D eigenvalue weighted by Gasteiger charge is -2.06. The average molecular weight is 278 g/mol. The van der Waals surface area contributed by atoms with Crippen molar-refractivity contribution in [3.63, 3.8) is 0 Å². The van der Waals surface area contributed by atoms with Gasteiger partial charge < -0.3 is 15.0 Å². The summed E-state index contributed by atoms with van der Waals surface area (Å²) in [4.78, 5) is 3.55. The van der Waals surface area contributed by atoms with E-state index < -0.39 is 0 Å². The van der Waals surface area contributed by atoms with Gasteiger partial charge in [-0.05, 0) is 48.9 Å². The molecule has 21 heavy (non-hydrogen) atoms. The van der Waals surface area contributed by atoms with Crippen molar-refractivity contribution in [3.8, 4) is 11.5 Å². The smallest absolute Gasteiger partial charge is 0.128 e. The summed E-state index contributed by atoms with van der Waals surface area (Å²) in [5.74, 6) is 1.77. The van der Waals surface area contributed by atoms with Crippen LogP contribution in [-0.4, -0.2) is 18.1 Å². The fraction of sp³-hybridized carbons (Fsp3) is 0.222. The molecule has 0 aliphatic carbocycles. The zero-order chi connectivity index (χ0) is 14.1. The van der Waals surface area contributed by atoms with Crippen LogP contribution in [0.2, 0.25) is 0 Å². The summed E-state index contributed by atoms with van der Waals surface area (Å²) in [5.41, 5.74) is 4.02. The van der Waals surface area contributed by atoms with Crippen LogP contribution in [0, 0.1) is 0 Å². The van der Waals surface area contributed by atoms with Crippen molar-refractivity contribution in [1.29, 1.82) is 0 Å². The largest absolute Gasteiger partial charge is 0.457 e. The van der Waals surface area contributed by atoms with E-state index in [2.05, 4.69) is 22.4 Å². The molecule has 2 N–H and O–H groups in total. The number of aromatic nitrogens is 1. The Morgan fingerprint density at radius 1 is 0.857 bits per heavy atom. The number of nitrogens with one attached hydrogen (secondary N) is 2. The average Bonchev–Trinajstić information content (AvgIpc) is 2.70. The normalized spacial score (nSPS) is 14.7. The minimum atomic E-state index is 0.875. The van der Waals surface area contributed by atoms with Crippen molar-refractivity contribution in [1.82, 2.24) is 10.3 Å². The quantitative estimate of drug-likeness (QED) is 0.751. The topological polar surface area (TPSA) is 37.0 Å². The Bertz CT molecular complexity index is 761. The van der Waals surface area contributed by atoms with Gasteiger partial charge >= 0.3 is 0 Å². The van der Waals surface area contributed by atoms with E-state index in [0.717, 1.165) is 37.4 Å². The van der Waals surface area contributed by atoms with E-state index in [1.54, 1.807) is 0 Å². The molecule has 4 rings (SSSR count). The van der Waals surface area contributed by atoms with Crippen LogP contribution in [-0.2, 0) is 12.8 Å². The Morgan fingerprint density at radius 3 is 2.62 bits per heavy atom. The van der Waals surface area contributed by atoms with Gasteiger partial charge in [-0.1, -0.05) is 18.2 Å². The molecule has 0 spiro atoms. The van der Waals surface area contributed by atoms with Crippen molar-refractivity contribution >= 4 is 10.9 Å². The molecule has 3 heteroatoms. The summed E-state index contributed by atoms with van der Waals surface area (Å²) >= 11 is 0. The summed E-state index contributed by atoms with van der Waals surface area (Å²) in [7, 11) is 0. The molecule has 0 amide bonds. The number of rotatable bonds is 2. The number of hydrogen-bond donors (Lipinski definition) is 2. The Labute approximate surface area is 123 Å². The molecule has 1 aliphatic heterocycles. The third kappa shape index (κ3) is 2.41. The summed E-state index contributed by atoms with van der Waals surface area (Å²) in [6.07, 6.45) is 2.14. The van der Waals surface area contributed by atoms with Crippen LogP contribution in [0.15, 0.2) is 48.5 Å². The number of H-pyrrole nitrogens is 1. The van der Waals surface area contributed by atoms with Crippen LogP contribution in [0.1, 0.15) is 11.3 Å². The minimum absolute atomic E-state index is 0.875. The first-order valence-electron chi connectivity index (χ1n) is 7.47. The van der Waals surface area contributed by atoms with Crippen LogP contribution in [0.25, 0.3) is 10.9 Å². The summed E-state index contributed by atoms with van der Waals surface area (Å²) in [6.45, 7) is 2.09. The van der Waals surface area contributed by atoms with E-state index in [1.807, 2.05) is 36.4 Å². The highest BCUT2D eigenvalue weighted by Gasteiger charge is 2.14. The predicted octanol–water partition coefficient (Wildman–Crippen LogP) is 3.65. The maximum Gasteiger partial charge on any atom is 0.128 e. The predicted molar refractivity (Wildman–Crippen MR) is 85.1 cm³/mol. The second kappa shape index (κ2) is 5.26. The Hall–Kier alpha value is -2.26. The summed E-state index contributed by atoms with van der Waals surface area (Å²) < 4.78 is 5.95. The van der Waals surface area contributed by atoms with Crippen molar-refractivity contribution in [2.75, 3.05) is 13.1 Å². The molecule has 2 heterocycles. The zero-order valence-electron chi connectivity index (χ0n) is 11.9. The fourth-order valence-electron chi connectivity index (χ4n) is 3.02. The molecule has 106 valence electrons. The van der Waals surface area contributed by atoms with E-state index in [4.69, 9.17) is 4.74 Å². The van der Waals surface area contributed by atoms with Gasteiger partial charge in [0, 0.05) is 29.6 Å². The summed E-state index contributed by atoms with van der Waals surface area (Å²) in [6, 6.07) is 16.2. The monoisotopic (exact) mass is 278 g/mol. The molecule has 0 unspecified atom stereocenters. The lowest BCUT2D eigenvalue weighted by molar-refractivity contribution is 0.483. The van der Waals surface area contributed by atoms with Gasteiger partial charge in [0.05, 0.1) is 0 Å². The molecule has 3 nitrogen and oxygen atoms in total. The molecule has 0 fully saturated rings. The van der Waals surface area contributed by atoms with Gasteiger partial charge in [0.15, 0.2) is 0 Å². The van der Waals surface area contributed by atoms with Crippen molar-refractivity contribution < 1.29 is 4.74 Å². The van der Waals surface area contributed by atoms with E-state index in [9.17, 15) is 0 Å². The maximum atomic E-state index is 5.95. The first-order valence-corrected chi connectivity index (χ1v) is 7.47. The van der Waals surface area contributed by atoms with Gasteiger partial charge in [0.1, 0.15) is 11.5 Å². The number of ether oxygens (including phenoxy) is 1. The lowest BCUT2D eigenvalue weighted by atomic mass is 10.1. The van der Waals surface area contributed by atoms with E-state index in [1.165, 1.54) is 22.2 Å². The van der Waals surface area contributed by atoms with Crippen LogP contribution in [0.4, 0.5) is 0 Å². The second-order valence-electron chi connectivity index (χ2n) is 5.45. The van der Waals surface area contributed by atoms with Crippen molar-refractivity contribution in [2.45, 2.75) is 12.8 Å². The molecule has 0 atom stereocenters. The lowest BCUT2D eigenvalue weighted by Crippen LogP contribution is -2.16. The standard InChI is InChI=1S/C18H18N2O/c1-2-4-13(5-3-1)21-14-6-7-17-16(12-14)15-8-10-19-11-9-18(15)20-17/h1-7,12,19-20H,8-11H2. The second-order valence-corrected chi connectivity index (χ2v) is 5.45. The van der Waals surface area contributed by atoms with Crippen LogP contribution < -0.4 is 10.1 Å². The molecule has 3 aromatic rings. The molecule has 1 aromatic heterocycles. The Kier molecular flexibility index (Phi) is 3.13. The van der Waals surface area contributed by atoms with Crippen LogP contribution >= 0.6 is 0 Å². The maximum absolute atomic E-state index is 5.95. The molecular formula is C18H18N2O.